The Morgan fingerprint density at radius 1 is 1.18 bits per heavy atom. The molecule has 0 N–H and O–H groups in total. The first-order chi connectivity index (χ1) is 8.16. The first-order valence-electron chi connectivity index (χ1n) is 6.63. The third kappa shape index (κ3) is 3.30. The van der Waals surface area contributed by atoms with Crippen LogP contribution < -0.4 is 0 Å². The van der Waals surface area contributed by atoms with Crippen LogP contribution in [0.15, 0.2) is 30.3 Å². The molecule has 0 bridgehead atoms. The van der Waals surface area contributed by atoms with Crippen molar-refractivity contribution in [1.82, 2.24) is 9.80 Å². The van der Waals surface area contributed by atoms with Gasteiger partial charge in [-0.2, -0.15) is 0 Å². The molecule has 2 heteroatoms. The van der Waals surface area contributed by atoms with Crippen molar-refractivity contribution in [2.75, 3.05) is 26.7 Å². The number of likely N-dealkylation sites (N-methyl/N-ethyl adjacent to an activating group) is 1. The van der Waals surface area contributed by atoms with E-state index in [0.717, 1.165) is 12.5 Å². The van der Waals surface area contributed by atoms with Crippen molar-refractivity contribution < 1.29 is 0 Å². The Morgan fingerprint density at radius 3 is 2.53 bits per heavy atom. The molecule has 1 unspecified atom stereocenters. The molecule has 1 aliphatic rings. The lowest BCUT2D eigenvalue weighted by molar-refractivity contribution is 0.0656. The quantitative estimate of drug-likeness (QED) is 0.790. The summed E-state index contributed by atoms with van der Waals surface area (Å²) in [6.45, 7) is 9.33. The van der Waals surface area contributed by atoms with Crippen LogP contribution in [-0.2, 0) is 6.54 Å². The van der Waals surface area contributed by atoms with E-state index in [1.165, 1.54) is 25.2 Å². The average Bonchev–Trinajstić information content (AvgIpc) is 2.32. The molecule has 1 aliphatic heterocycles. The van der Waals surface area contributed by atoms with Gasteiger partial charge in [-0.25, -0.2) is 0 Å². The second-order valence-electron chi connectivity index (χ2n) is 5.51. The summed E-state index contributed by atoms with van der Waals surface area (Å²) in [7, 11) is 2.25. The van der Waals surface area contributed by atoms with Gasteiger partial charge in [-0.05, 0) is 18.5 Å². The predicted octanol–water partition coefficient (Wildman–Crippen LogP) is 2.46. The van der Waals surface area contributed by atoms with E-state index in [9.17, 15) is 0 Å². The van der Waals surface area contributed by atoms with Gasteiger partial charge in [0.05, 0.1) is 0 Å². The molecule has 1 saturated heterocycles. The van der Waals surface area contributed by atoms with Crippen LogP contribution in [-0.4, -0.2) is 42.5 Å². The second kappa shape index (κ2) is 5.65. The fraction of sp³-hybridized carbons (Fsp3) is 0.600. The van der Waals surface area contributed by atoms with Crippen LogP contribution in [0.4, 0.5) is 0 Å². The van der Waals surface area contributed by atoms with E-state index in [0.29, 0.717) is 6.04 Å². The number of rotatable bonds is 3. The largest absolute Gasteiger partial charge is 0.301 e. The molecule has 1 aromatic carbocycles. The Bertz CT molecular complexity index is 334. The summed E-state index contributed by atoms with van der Waals surface area (Å²) < 4.78 is 0. The van der Waals surface area contributed by atoms with E-state index >= 15 is 0 Å². The van der Waals surface area contributed by atoms with Gasteiger partial charge >= 0.3 is 0 Å². The number of piperazine rings is 1. The van der Waals surface area contributed by atoms with Gasteiger partial charge in [0, 0.05) is 32.2 Å². The molecule has 0 radical (unpaired) electrons. The highest BCUT2D eigenvalue weighted by atomic mass is 15.3. The SMILES string of the molecule is CC(C)C1CN(Cc2ccccc2)CCN1C. The Labute approximate surface area is 105 Å². The summed E-state index contributed by atoms with van der Waals surface area (Å²) in [5, 5.41) is 0. The lowest BCUT2D eigenvalue weighted by Gasteiger charge is -2.41. The highest BCUT2D eigenvalue weighted by Crippen LogP contribution is 2.17. The van der Waals surface area contributed by atoms with Gasteiger partial charge in [0.25, 0.3) is 0 Å². The van der Waals surface area contributed by atoms with Gasteiger partial charge in [-0.3, -0.25) is 4.90 Å². The normalized spacial score (nSPS) is 23.2. The van der Waals surface area contributed by atoms with Crippen LogP contribution in [0.2, 0.25) is 0 Å². The molecular formula is C15H24N2. The minimum absolute atomic E-state index is 0.701. The molecular weight excluding hydrogens is 208 g/mol. The van der Waals surface area contributed by atoms with Gasteiger partial charge < -0.3 is 4.90 Å². The van der Waals surface area contributed by atoms with Crippen molar-refractivity contribution in [3.05, 3.63) is 35.9 Å². The number of nitrogens with zero attached hydrogens (tertiary/aromatic N) is 2. The topological polar surface area (TPSA) is 6.48 Å². The van der Waals surface area contributed by atoms with Crippen LogP contribution in [0.3, 0.4) is 0 Å². The third-order valence-corrected chi connectivity index (χ3v) is 3.80. The highest BCUT2D eigenvalue weighted by Gasteiger charge is 2.26. The predicted molar refractivity (Wildman–Crippen MR) is 73.0 cm³/mol. The molecule has 0 aliphatic carbocycles. The maximum absolute atomic E-state index is 2.58. The lowest BCUT2D eigenvalue weighted by Crippen LogP contribution is -2.53. The fourth-order valence-electron chi connectivity index (χ4n) is 2.67. The molecule has 0 saturated carbocycles. The van der Waals surface area contributed by atoms with E-state index in [2.05, 4.69) is 61.0 Å². The molecule has 0 spiro atoms. The maximum Gasteiger partial charge on any atom is 0.0243 e. The number of hydrogen-bond donors (Lipinski definition) is 0. The number of hydrogen-bond acceptors (Lipinski definition) is 2. The molecule has 1 fully saturated rings. The van der Waals surface area contributed by atoms with Gasteiger partial charge in [0.1, 0.15) is 0 Å². The zero-order chi connectivity index (χ0) is 12.3. The minimum Gasteiger partial charge on any atom is -0.301 e. The van der Waals surface area contributed by atoms with E-state index in [-0.39, 0.29) is 0 Å². The smallest absolute Gasteiger partial charge is 0.0243 e. The molecule has 1 heterocycles. The second-order valence-corrected chi connectivity index (χ2v) is 5.51. The summed E-state index contributed by atoms with van der Waals surface area (Å²) in [6, 6.07) is 11.5. The molecule has 2 nitrogen and oxygen atoms in total. The van der Waals surface area contributed by atoms with E-state index < -0.39 is 0 Å². The van der Waals surface area contributed by atoms with Gasteiger partial charge in [0.15, 0.2) is 0 Å². The number of benzene rings is 1. The van der Waals surface area contributed by atoms with Gasteiger partial charge in [0.2, 0.25) is 0 Å². The van der Waals surface area contributed by atoms with Gasteiger partial charge in [-0.1, -0.05) is 44.2 Å². The summed E-state index contributed by atoms with van der Waals surface area (Å²) in [6.07, 6.45) is 0. The molecule has 1 aromatic rings. The Hall–Kier alpha value is -0.860. The molecule has 2 rings (SSSR count). The zero-order valence-electron chi connectivity index (χ0n) is 11.3. The van der Waals surface area contributed by atoms with Crippen LogP contribution >= 0.6 is 0 Å². The van der Waals surface area contributed by atoms with E-state index in [4.69, 9.17) is 0 Å². The lowest BCUT2D eigenvalue weighted by atomic mass is 10.00. The first-order valence-corrected chi connectivity index (χ1v) is 6.63. The van der Waals surface area contributed by atoms with Gasteiger partial charge in [-0.15, -0.1) is 0 Å². The summed E-state index contributed by atoms with van der Waals surface area (Å²) in [4.78, 5) is 5.09. The Kier molecular flexibility index (Phi) is 4.19. The van der Waals surface area contributed by atoms with Crippen molar-refractivity contribution in [2.45, 2.75) is 26.4 Å². The summed E-state index contributed by atoms with van der Waals surface area (Å²) >= 11 is 0. The summed E-state index contributed by atoms with van der Waals surface area (Å²) in [5.41, 5.74) is 1.43. The summed E-state index contributed by atoms with van der Waals surface area (Å²) in [5.74, 6) is 0.735. The standard InChI is InChI=1S/C15H24N2/c1-13(2)15-12-17(10-9-16(15)3)11-14-7-5-4-6-8-14/h4-8,13,15H,9-12H2,1-3H3. The average molecular weight is 232 g/mol. The first kappa shape index (κ1) is 12.6. The maximum atomic E-state index is 2.58. The molecule has 0 aromatic heterocycles. The third-order valence-electron chi connectivity index (χ3n) is 3.80. The van der Waals surface area contributed by atoms with Crippen molar-refractivity contribution in [1.29, 1.82) is 0 Å². The van der Waals surface area contributed by atoms with E-state index in [1.54, 1.807) is 0 Å². The van der Waals surface area contributed by atoms with Crippen LogP contribution in [0, 0.1) is 5.92 Å². The molecule has 17 heavy (non-hydrogen) atoms. The fourth-order valence-corrected chi connectivity index (χ4v) is 2.67. The monoisotopic (exact) mass is 232 g/mol. The van der Waals surface area contributed by atoms with E-state index in [1.807, 2.05) is 0 Å². The van der Waals surface area contributed by atoms with Crippen molar-refractivity contribution in [2.24, 2.45) is 5.92 Å². The van der Waals surface area contributed by atoms with Crippen LogP contribution in [0.1, 0.15) is 19.4 Å². The Balaban J connectivity index is 1.95. The molecule has 0 amide bonds. The van der Waals surface area contributed by atoms with Crippen molar-refractivity contribution >= 4 is 0 Å². The van der Waals surface area contributed by atoms with Crippen LogP contribution in [0.25, 0.3) is 0 Å². The van der Waals surface area contributed by atoms with Crippen molar-refractivity contribution in [3.63, 3.8) is 0 Å². The van der Waals surface area contributed by atoms with Crippen molar-refractivity contribution in [3.8, 4) is 0 Å². The zero-order valence-corrected chi connectivity index (χ0v) is 11.3. The molecule has 1 atom stereocenters. The Morgan fingerprint density at radius 2 is 1.88 bits per heavy atom. The molecule has 94 valence electrons. The van der Waals surface area contributed by atoms with Crippen LogP contribution in [0.5, 0.6) is 0 Å². The minimum atomic E-state index is 0.701. The highest BCUT2D eigenvalue weighted by molar-refractivity contribution is 5.14.